The van der Waals surface area contributed by atoms with Gasteiger partial charge in [-0.2, -0.15) is 0 Å². The van der Waals surface area contributed by atoms with Gasteiger partial charge < -0.3 is 9.15 Å². The molecule has 0 spiro atoms. The third-order valence-electron chi connectivity index (χ3n) is 8.42. The molecule has 2 nitrogen and oxygen atoms in total. The topological polar surface area (TPSA) is 22.4 Å². The van der Waals surface area contributed by atoms with E-state index in [1.54, 1.807) is 0 Å². The number of rotatable bonds is 3. The SMILES string of the molecule is c1ccc(-c2cc(-c3cc4c5c(cccc5c3)Oc3ccccc3-4)cc(-c3ccc4c(c3)oc3ccccc34)c2)cc1. The van der Waals surface area contributed by atoms with E-state index in [9.17, 15) is 0 Å². The number of ether oxygens (including phenoxy) is 1. The lowest BCUT2D eigenvalue weighted by molar-refractivity contribution is 0.487. The van der Waals surface area contributed by atoms with Crippen LogP contribution in [0.4, 0.5) is 0 Å². The first kappa shape index (κ1) is 23.1. The molecule has 7 aromatic carbocycles. The first-order valence-electron chi connectivity index (χ1n) is 14.3. The Morgan fingerprint density at radius 2 is 1.05 bits per heavy atom. The lowest BCUT2D eigenvalue weighted by Crippen LogP contribution is -1.97. The summed E-state index contributed by atoms with van der Waals surface area (Å²) in [7, 11) is 0. The fraction of sp³-hybridized carbons (Fsp3) is 0. The van der Waals surface area contributed by atoms with E-state index in [4.69, 9.17) is 9.15 Å². The average molecular weight is 537 g/mol. The summed E-state index contributed by atoms with van der Waals surface area (Å²) < 4.78 is 12.6. The number of para-hydroxylation sites is 2. The molecule has 0 fully saturated rings. The Bertz CT molecular complexity index is 2330. The van der Waals surface area contributed by atoms with Gasteiger partial charge in [-0.15, -0.1) is 0 Å². The molecule has 0 N–H and O–H groups in total. The van der Waals surface area contributed by atoms with Crippen molar-refractivity contribution >= 4 is 32.7 Å². The summed E-state index contributed by atoms with van der Waals surface area (Å²) in [6, 6.07) is 51.5. The maximum absolute atomic E-state index is 6.30. The fourth-order valence-corrected chi connectivity index (χ4v) is 6.42. The van der Waals surface area contributed by atoms with E-state index in [2.05, 4.69) is 121 Å². The van der Waals surface area contributed by atoms with Crippen LogP contribution in [0.3, 0.4) is 0 Å². The van der Waals surface area contributed by atoms with Crippen molar-refractivity contribution in [1.29, 1.82) is 0 Å². The lowest BCUT2D eigenvalue weighted by Gasteiger charge is -2.22. The standard InChI is InChI=1S/C40H24O2/c1-2-9-25(10-3-1)28-20-29(26-17-18-34-32-12-4-6-14-36(32)42-39(34)24-26)22-30(21-28)31-19-27-11-8-16-38-40(27)35(23-31)33-13-5-7-15-37(33)41-38/h1-24H. The van der Waals surface area contributed by atoms with Gasteiger partial charge >= 0.3 is 0 Å². The van der Waals surface area contributed by atoms with Gasteiger partial charge in [0.15, 0.2) is 0 Å². The van der Waals surface area contributed by atoms with E-state index >= 15 is 0 Å². The predicted octanol–water partition coefficient (Wildman–Crippen LogP) is 11.5. The van der Waals surface area contributed by atoms with E-state index in [1.807, 2.05) is 24.3 Å². The zero-order chi connectivity index (χ0) is 27.6. The zero-order valence-corrected chi connectivity index (χ0v) is 22.7. The summed E-state index contributed by atoms with van der Waals surface area (Å²) in [5.41, 5.74) is 11.1. The van der Waals surface area contributed by atoms with E-state index in [0.29, 0.717) is 0 Å². The van der Waals surface area contributed by atoms with Crippen LogP contribution in [0, 0.1) is 0 Å². The highest BCUT2D eigenvalue weighted by Crippen LogP contribution is 2.48. The van der Waals surface area contributed by atoms with Crippen molar-refractivity contribution in [2.24, 2.45) is 0 Å². The molecule has 1 aliphatic rings. The molecule has 2 heterocycles. The molecule has 8 aromatic rings. The zero-order valence-electron chi connectivity index (χ0n) is 22.7. The maximum Gasteiger partial charge on any atom is 0.136 e. The summed E-state index contributed by atoms with van der Waals surface area (Å²) in [5.74, 6) is 1.80. The van der Waals surface area contributed by atoms with Crippen LogP contribution in [-0.4, -0.2) is 0 Å². The molecule has 1 aromatic heterocycles. The lowest BCUT2D eigenvalue weighted by atomic mass is 9.88. The van der Waals surface area contributed by atoms with Crippen molar-refractivity contribution in [3.8, 4) is 56.0 Å². The van der Waals surface area contributed by atoms with E-state index in [1.165, 1.54) is 33.2 Å². The number of furan rings is 1. The van der Waals surface area contributed by atoms with E-state index in [0.717, 1.165) is 55.5 Å². The van der Waals surface area contributed by atoms with Gasteiger partial charge in [0.05, 0.1) is 0 Å². The van der Waals surface area contributed by atoms with Gasteiger partial charge in [-0.3, -0.25) is 0 Å². The minimum atomic E-state index is 0.896. The van der Waals surface area contributed by atoms with Crippen LogP contribution in [0.1, 0.15) is 0 Å². The number of hydrogen-bond acceptors (Lipinski definition) is 2. The molecule has 0 saturated carbocycles. The highest BCUT2D eigenvalue weighted by molar-refractivity contribution is 6.07. The summed E-state index contributed by atoms with van der Waals surface area (Å²) in [6.07, 6.45) is 0. The predicted molar refractivity (Wildman–Crippen MR) is 173 cm³/mol. The van der Waals surface area contributed by atoms with E-state index in [-0.39, 0.29) is 0 Å². The van der Waals surface area contributed by atoms with Crippen molar-refractivity contribution in [3.63, 3.8) is 0 Å². The van der Waals surface area contributed by atoms with Crippen molar-refractivity contribution in [3.05, 3.63) is 146 Å². The Hall–Kier alpha value is -5.60. The van der Waals surface area contributed by atoms with Gasteiger partial charge in [0.1, 0.15) is 22.7 Å². The molecule has 0 bridgehead atoms. The molecule has 42 heavy (non-hydrogen) atoms. The Morgan fingerprint density at radius 1 is 0.357 bits per heavy atom. The van der Waals surface area contributed by atoms with Crippen molar-refractivity contribution in [1.82, 2.24) is 0 Å². The van der Waals surface area contributed by atoms with Gasteiger partial charge in [0, 0.05) is 21.7 Å². The maximum atomic E-state index is 6.30. The normalized spacial score (nSPS) is 12.0. The van der Waals surface area contributed by atoms with Crippen LogP contribution in [-0.2, 0) is 0 Å². The Labute approximate surface area is 243 Å². The summed E-state index contributed by atoms with van der Waals surface area (Å²) in [6.45, 7) is 0. The Kier molecular flexibility index (Phi) is 4.93. The van der Waals surface area contributed by atoms with Gasteiger partial charge in [0.25, 0.3) is 0 Å². The van der Waals surface area contributed by atoms with Crippen LogP contribution in [0.2, 0.25) is 0 Å². The largest absolute Gasteiger partial charge is 0.456 e. The molecule has 2 heteroatoms. The molecule has 0 atom stereocenters. The quantitative estimate of drug-likeness (QED) is 0.224. The van der Waals surface area contributed by atoms with Crippen LogP contribution >= 0.6 is 0 Å². The summed E-state index contributed by atoms with van der Waals surface area (Å²) in [4.78, 5) is 0. The summed E-state index contributed by atoms with van der Waals surface area (Å²) >= 11 is 0. The number of hydrogen-bond donors (Lipinski definition) is 0. The second kappa shape index (κ2) is 8.95. The van der Waals surface area contributed by atoms with Crippen LogP contribution in [0.15, 0.2) is 150 Å². The minimum Gasteiger partial charge on any atom is -0.456 e. The Morgan fingerprint density at radius 3 is 1.95 bits per heavy atom. The first-order chi connectivity index (χ1) is 20.8. The van der Waals surface area contributed by atoms with Crippen LogP contribution in [0.5, 0.6) is 11.5 Å². The van der Waals surface area contributed by atoms with Crippen LogP contribution < -0.4 is 4.74 Å². The van der Waals surface area contributed by atoms with Gasteiger partial charge in [-0.25, -0.2) is 0 Å². The second-order valence-electron chi connectivity index (χ2n) is 11.0. The first-order valence-corrected chi connectivity index (χ1v) is 14.3. The van der Waals surface area contributed by atoms with E-state index < -0.39 is 0 Å². The molecular weight excluding hydrogens is 512 g/mol. The molecule has 0 saturated heterocycles. The number of benzene rings is 7. The third kappa shape index (κ3) is 3.59. The molecule has 0 radical (unpaired) electrons. The Balaban J connectivity index is 1.28. The average Bonchev–Trinajstić information content (AvgIpc) is 3.43. The van der Waals surface area contributed by atoms with Gasteiger partial charge in [-0.1, -0.05) is 84.9 Å². The number of fused-ring (bicyclic) bond motifs is 5. The smallest absolute Gasteiger partial charge is 0.136 e. The second-order valence-corrected chi connectivity index (χ2v) is 11.0. The van der Waals surface area contributed by atoms with Crippen molar-refractivity contribution < 1.29 is 9.15 Å². The molecule has 1 aliphatic heterocycles. The van der Waals surface area contributed by atoms with Gasteiger partial charge in [0.2, 0.25) is 0 Å². The molecule has 0 unspecified atom stereocenters. The van der Waals surface area contributed by atoms with Crippen molar-refractivity contribution in [2.75, 3.05) is 0 Å². The molecule has 196 valence electrons. The summed E-state index contributed by atoms with van der Waals surface area (Å²) in [5, 5.41) is 4.62. The van der Waals surface area contributed by atoms with Crippen molar-refractivity contribution in [2.45, 2.75) is 0 Å². The van der Waals surface area contributed by atoms with Crippen LogP contribution in [0.25, 0.3) is 77.2 Å². The fourth-order valence-electron chi connectivity index (χ4n) is 6.42. The monoisotopic (exact) mass is 536 g/mol. The highest BCUT2D eigenvalue weighted by atomic mass is 16.5. The molecular formula is C40H24O2. The third-order valence-corrected chi connectivity index (χ3v) is 8.42. The molecule has 0 amide bonds. The van der Waals surface area contributed by atoms with Gasteiger partial charge in [-0.05, 0) is 105 Å². The highest BCUT2D eigenvalue weighted by Gasteiger charge is 2.21. The molecule has 0 aliphatic carbocycles. The minimum absolute atomic E-state index is 0.896. The molecule has 9 rings (SSSR count).